The first-order chi connectivity index (χ1) is 9.50. The average Bonchev–Trinajstić information content (AvgIpc) is 2.41. The van der Waals surface area contributed by atoms with E-state index in [0.717, 1.165) is 11.1 Å². The van der Waals surface area contributed by atoms with Gasteiger partial charge in [-0.25, -0.2) is 4.39 Å². The zero-order valence-corrected chi connectivity index (χ0v) is 11.3. The second kappa shape index (κ2) is 5.69. The van der Waals surface area contributed by atoms with Crippen molar-refractivity contribution >= 4 is 11.4 Å². The standard InChI is InChI=1S/C15H15FN2O2/c1-10-6-3-4-7-12(10)11(2)17-15-13(16)8-5-9-14(15)18(19)20/h3-9,11,17H,1-2H3. The molecule has 0 fully saturated rings. The molecule has 1 N–H and O–H groups in total. The summed E-state index contributed by atoms with van der Waals surface area (Å²) in [6.45, 7) is 3.79. The van der Waals surface area contributed by atoms with Gasteiger partial charge in [0.2, 0.25) is 0 Å². The number of hydrogen-bond acceptors (Lipinski definition) is 3. The van der Waals surface area contributed by atoms with Gasteiger partial charge in [0.1, 0.15) is 5.69 Å². The van der Waals surface area contributed by atoms with Gasteiger partial charge in [-0.15, -0.1) is 0 Å². The lowest BCUT2D eigenvalue weighted by Gasteiger charge is -2.18. The van der Waals surface area contributed by atoms with Crippen molar-refractivity contribution in [3.05, 3.63) is 69.5 Å². The molecule has 0 amide bonds. The molecule has 0 heterocycles. The van der Waals surface area contributed by atoms with Crippen LogP contribution in [-0.2, 0) is 0 Å². The molecule has 0 aromatic heterocycles. The summed E-state index contributed by atoms with van der Waals surface area (Å²) in [4.78, 5) is 10.4. The van der Waals surface area contributed by atoms with Crippen LogP contribution >= 0.6 is 0 Å². The SMILES string of the molecule is Cc1ccccc1C(C)Nc1c(F)cccc1[N+](=O)[O-]. The fourth-order valence-electron chi connectivity index (χ4n) is 2.17. The second-order valence-electron chi connectivity index (χ2n) is 4.61. The molecule has 0 bridgehead atoms. The summed E-state index contributed by atoms with van der Waals surface area (Å²) in [6.07, 6.45) is 0. The molecular formula is C15H15FN2O2. The largest absolute Gasteiger partial charge is 0.371 e. The minimum Gasteiger partial charge on any atom is -0.371 e. The highest BCUT2D eigenvalue weighted by atomic mass is 19.1. The van der Waals surface area contributed by atoms with Gasteiger partial charge in [0.15, 0.2) is 5.82 Å². The second-order valence-corrected chi connectivity index (χ2v) is 4.61. The van der Waals surface area contributed by atoms with Crippen LogP contribution in [0.15, 0.2) is 42.5 Å². The van der Waals surface area contributed by atoms with Gasteiger partial charge in [-0.05, 0) is 31.0 Å². The third-order valence-corrected chi connectivity index (χ3v) is 3.20. The Hall–Kier alpha value is -2.43. The van der Waals surface area contributed by atoms with Crippen LogP contribution in [0.3, 0.4) is 0 Å². The third-order valence-electron chi connectivity index (χ3n) is 3.20. The smallest absolute Gasteiger partial charge is 0.295 e. The van der Waals surface area contributed by atoms with E-state index in [1.165, 1.54) is 18.2 Å². The van der Waals surface area contributed by atoms with E-state index in [1.807, 2.05) is 38.1 Å². The Morgan fingerprint density at radius 2 is 1.90 bits per heavy atom. The van der Waals surface area contributed by atoms with E-state index >= 15 is 0 Å². The van der Waals surface area contributed by atoms with Crippen LogP contribution in [0, 0.1) is 22.9 Å². The van der Waals surface area contributed by atoms with Gasteiger partial charge in [-0.3, -0.25) is 10.1 Å². The predicted octanol–water partition coefficient (Wildman–Crippen LogP) is 4.22. The van der Waals surface area contributed by atoms with E-state index in [-0.39, 0.29) is 17.4 Å². The highest BCUT2D eigenvalue weighted by Crippen LogP contribution is 2.31. The van der Waals surface area contributed by atoms with Crippen LogP contribution in [0.25, 0.3) is 0 Å². The van der Waals surface area contributed by atoms with Crippen molar-refractivity contribution in [2.24, 2.45) is 0 Å². The summed E-state index contributed by atoms with van der Waals surface area (Å²) in [5.74, 6) is -0.625. The molecule has 0 saturated heterocycles. The minimum absolute atomic E-state index is 0.0757. The normalized spacial score (nSPS) is 11.9. The van der Waals surface area contributed by atoms with E-state index in [1.54, 1.807) is 0 Å². The maximum Gasteiger partial charge on any atom is 0.295 e. The summed E-state index contributed by atoms with van der Waals surface area (Å²) >= 11 is 0. The summed E-state index contributed by atoms with van der Waals surface area (Å²) in [5, 5.41) is 13.9. The van der Waals surface area contributed by atoms with Crippen LogP contribution in [0.1, 0.15) is 24.1 Å². The Morgan fingerprint density at radius 1 is 1.20 bits per heavy atom. The minimum atomic E-state index is -0.625. The quantitative estimate of drug-likeness (QED) is 0.671. The molecule has 0 spiro atoms. The van der Waals surface area contributed by atoms with Crippen LogP contribution in [0.2, 0.25) is 0 Å². The molecule has 0 aliphatic heterocycles. The molecule has 2 rings (SSSR count). The molecule has 0 saturated carbocycles. The summed E-state index contributed by atoms with van der Waals surface area (Å²) < 4.78 is 13.8. The van der Waals surface area contributed by atoms with Crippen molar-refractivity contribution in [3.8, 4) is 0 Å². The summed E-state index contributed by atoms with van der Waals surface area (Å²) in [6, 6.07) is 11.3. The van der Waals surface area contributed by atoms with Crippen molar-refractivity contribution in [1.29, 1.82) is 0 Å². The zero-order chi connectivity index (χ0) is 14.7. The monoisotopic (exact) mass is 274 g/mol. The first kappa shape index (κ1) is 14.0. The Balaban J connectivity index is 2.35. The molecule has 2 aromatic rings. The summed E-state index contributed by atoms with van der Waals surface area (Å²) in [7, 11) is 0. The van der Waals surface area contributed by atoms with Gasteiger partial charge < -0.3 is 5.32 Å². The molecule has 0 aliphatic carbocycles. The van der Waals surface area contributed by atoms with Crippen LogP contribution in [-0.4, -0.2) is 4.92 Å². The first-order valence-electron chi connectivity index (χ1n) is 6.25. The Morgan fingerprint density at radius 3 is 2.55 bits per heavy atom. The molecule has 0 radical (unpaired) electrons. The number of nitrogens with one attached hydrogen (secondary N) is 1. The molecule has 5 heteroatoms. The van der Waals surface area contributed by atoms with Gasteiger partial charge in [0.05, 0.1) is 4.92 Å². The number of aryl methyl sites for hydroxylation is 1. The highest BCUT2D eigenvalue weighted by molar-refractivity contribution is 5.63. The first-order valence-corrected chi connectivity index (χ1v) is 6.25. The number of hydrogen-bond donors (Lipinski definition) is 1. The Kier molecular flexibility index (Phi) is 3.98. The van der Waals surface area contributed by atoms with Crippen LogP contribution in [0.4, 0.5) is 15.8 Å². The van der Waals surface area contributed by atoms with E-state index in [4.69, 9.17) is 0 Å². The topological polar surface area (TPSA) is 55.2 Å². The third kappa shape index (κ3) is 2.77. The fourth-order valence-corrected chi connectivity index (χ4v) is 2.17. The molecule has 20 heavy (non-hydrogen) atoms. The predicted molar refractivity (Wildman–Crippen MR) is 76.3 cm³/mol. The van der Waals surface area contributed by atoms with Gasteiger partial charge in [0.25, 0.3) is 5.69 Å². The maximum atomic E-state index is 13.8. The van der Waals surface area contributed by atoms with E-state index in [2.05, 4.69) is 5.32 Å². The lowest BCUT2D eigenvalue weighted by molar-refractivity contribution is -0.384. The lowest BCUT2D eigenvalue weighted by atomic mass is 10.0. The van der Waals surface area contributed by atoms with Crippen molar-refractivity contribution in [2.45, 2.75) is 19.9 Å². The van der Waals surface area contributed by atoms with Crippen molar-refractivity contribution < 1.29 is 9.31 Å². The van der Waals surface area contributed by atoms with E-state index in [9.17, 15) is 14.5 Å². The van der Waals surface area contributed by atoms with Gasteiger partial charge in [-0.1, -0.05) is 30.3 Å². The average molecular weight is 274 g/mol. The number of rotatable bonds is 4. The van der Waals surface area contributed by atoms with Crippen LogP contribution < -0.4 is 5.32 Å². The Bertz CT molecular complexity index is 644. The summed E-state index contributed by atoms with van der Waals surface area (Å²) in [5.41, 5.74) is 1.69. The molecule has 4 nitrogen and oxygen atoms in total. The van der Waals surface area contributed by atoms with E-state index < -0.39 is 10.7 Å². The number of para-hydroxylation sites is 1. The Labute approximate surface area is 116 Å². The van der Waals surface area contributed by atoms with Crippen molar-refractivity contribution in [1.82, 2.24) is 0 Å². The number of nitro benzene ring substituents is 1. The number of halogens is 1. The molecule has 104 valence electrons. The van der Waals surface area contributed by atoms with Gasteiger partial charge in [0, 0.05) is 12.1 Å². The lowest BCUT2D eigenvalue weighted by Crippen LogP contribution is -2.11. The number of nitrogens with zero attached hydrogens (tertiary/aromatic N) is 1. The van der Waals surface area contributed by atoms with Crippen molar-refractivity contribution in [3.63, 3.8) is 0 Å². The number of benzene rings is 2. The highest BCUT2D eigenvalue weighted by Gasteiger charge is 2.20. The van der Waals surface area contributed by atoms with E-state index in [0.29, 0.717) is 0 Å². The molecule has 2 aromatic carbocycles. The molecular weight excluding hydrogens is 259 g/mol. The van der Waals surface area contributed by atoms with Crippen LogP contribution in [0.5, 0.6) is 0 Å². The van der Waals surface area contributed by atoms with Crippen molar-refractivity contribution in [2.75, 3.05) is 5.32 Å². The van der Waals surface area contributed by atoms with Gasteiger partial charge in [-0.2, -0.15) is 0 Å². The zero-order valence-electron chi connectivity index (χ0n) is 11.3. The molecule has 1 atom stereocenters. The van der Waals surface area contributed by atoms with Gasteiger partial charge >= 0.3 is 0 Å². The maximum absolute atomic E-state index is 13.8. The fraction of sp³-hybridized carbons (Fsp3) is 0.200. The molecule has 1 unspecified atom stereocenters. The number of anilines is 1. The molecule has 0 aliphatic rings. The number of nitro groups is 1.